The van der Waals surface area contributed by atoms with Crippen LogP contribution in [0, 0.1) is 0 Å². The van der Waals surface area contributed by atoms with Gasteiger partial charge in [0.1, 0.15) is 6.61 Å². The number of hydrogen-bond acceptors (Lipinski definition) is 4. The van der Waals surface area contributed by atoms with Gasteiger partial charge < -0.3 is 20.5 Å². The number of hydrogen-bond donors (Lipinski definition) is 3. The van der Waals surface area contributed by atoms with E-state index < -0.39 is 12.1 Å². The Balaban J connectivity index is 1.41. The van der Waals surface area contributed by atoms with Gasteiger partial charge in [-0.25, -0.2) is 4.79 Å². The number of benzene rings is 2. The van der Waals surface area contributed by atoms with Gasteiger partial charge >= 0.3 is 12.1 Å². The molecule has 7 heteroatoms. The lowest BCUT2D eigenvalue weighted by molar-refractivity contribution is -0.137. The molecular formula is C25H30N2O5. The summed E-state index contributed by atoms with van der Waals surface area (Å²) in [5, 5.41) is 14.4. The van der Waals surface area contributed by atoms with Crippen molar-refractivity contribution in [3.05, 3.63) is 59.7 Å². The second-order valence-electron chi connectivity index (χ2n) is 8.01. The van der Waals surface area contributed by atoms with Crippen molar-refractivity contribution in [1.29, 1.82) is 0 Å². The molecule has 0 fully saturated rings. The summed E-state index contributed by atoms with van der Waals surface area (Å²) in [7, 11) is 0. The smallest absolute Gasteiger partial charge is 0.407 e. The van der Waals surface area contributed by atoms with Crippen LogP contribution in [0.1, 0.15) is 56.1 Å². The highest BCUT2D eigenvalue weighted by atomic mass is 16.5. The molecule has 2 amide bonds. The normalized spacial score (nSPS) is 13.0. The van der Waals surface area contributed by atoms with Crippen molar-refractivity contribution in [3.63, 3.8) is 0 Å². The predicted molar refractivity (Wildman–Crippen MR) is 121 cm³/mol. The molecule has 0 radical (unpaired) electrons. The zero-order valence-electron chi connectivity index (χ0n) is 18.3. The van der Waals surface area contributed by atoms with Gasteiger partial charge in [-0.1, -0.05) is 61.9 Å². The number of ether oxygens (including phenoxy) is 1. The lowest BCUT2D eigenvalue weighted by Gasteiger charge is -2.16. The summed E-state index contributed by atoms with van der Waals surface area (Å²) < 4.78 is 5.47. The number of carboxylic acid groups (broad SMARTS) is 1. The lowest BCUT2D eigenvalue weighted by Crippen LogP contribution is -2.36. The fraction of sp³-hybridized carbons (Fsp3) is 0.400. The predicted octanol–water partition coefficient (Wildman–Crippen LogP) is 4.06. The second-order valence-corrected chi connectivity index (χ2v) is 8.01. The molecular weight excluding hydrogens is 408 g/mol. The highest BCUT2D eigenvalue weighted by molar-refractivity contribution is 5.79. The number of alkyl carbamates (subject to hydrolysis) is 1. The van der Waals surface area contributed by atoms with E-state index in [1.165, 1.54) is 11.1 Å². The van der Waals surface area contributed by atoms with Crippen LogP contribution in [0.5, 0.6) is 0 Å². The number of nitrogens with one attached hydrogen (secondary N) is 2. The standard InChI is InChI=1S/C25H30N2O5/c1-2-8-17(15-24(29)30)27-23(28)13-7-14-26-25(31)32-16-22-20-11-5-3-9-18(20)19-10-4-6-12-21(19)22/h3-6,9-12,17,22H,2,7-8,13-16H2,1H3,(H,26,31)(H,27,28)(H,29,30). The maximum atomic E-state index is 12.2. The fourth-order valence-corrected chi connectivity index (χ4v) is 4.17. The Hall–Kier alpha value is -3.35. The van der Waals surface area contributed by atoms with E-state index in [2.05, 4.69) is 34.9 Å². The Labute approximate surface area is 188 Å². The van der Waals surface area contributed by atoms with Crippen LogP contribution in [0.2, 0.25) is 0 Å². The summed E-state index contributed by atoms with van der Waals surface area (Å²) in [5.41, 5.74) is 4.65. The molecule has 32 heavy (non-hydrogen) atoms. The quantitative estimate of drug-likeness (QED) is 0.459. The second kappa shape index (κ2) is 11.3. The Kier molecular flexibility index (Phi) is 8.25. The van der Waals surface area contributed by atoms with Crippen LogP contribution in [0.3, 0.4) is 0 Å². The number of rotatable bonds is 11. The molecule has 1 atom stereocenters. The topological polar surface area (TPSA) is 105 Å². The fourth-order valence-electron chi connectivity index (χ4n) is 4.17. The highest BCUT2D eigenvalue weighted by Crippen LogP contribution is 2.44. The van der Waals surface area contributed by atoms with E-state index in [-0.39, 0.29) is 37.3 Å². The molecule has 2 aromatic carbocycles. The van der Waals surface area contributed by atoms with Crippen molar-refractivity contribution in [3.8, 4) is 11.1 Å². The summed E-state index contributed by atoms with van der Waals surface area (Å²) in [5.74, 6) is -1.14. The Bertz CT molecular complexity index is 913. The summed E-state index contributed by atoms with van der Waals surface area (Å²) in [6.07, 6.45) is 1.47. The van der Waals surface area contributed by atoms with Crippen LogP contribution in [-0.4, -0.2) is 42.3 Å². The van der Waals surface area contributed by atoms with Gasteiger partial charge in [0, 0.05) is 24.9 Å². The maximum Gasteiger partial charge on any atom is 0.407 e. The molecule has 0 heterocycles. The average Bonchev–Trinajstić information content (AvgIpc) is 3.09. The zero-order chi connectivity index (χ0) is 22.9. The van der Waals surface area contributed by atoms with Crippen LogP contribution in [0.25, 0.3) is 11.1 Å². The molecule has 0 aliphatic heterocycles. The summed E-state index contributed by atoms with van der Waals surface area (Å²) in [6, 6.07) is 15.9. The highest BCUT2D eigenvalue weighted by Gasteiger charge is 2.28. The van der Waals surface area contributed by atoms with Crippen molar-refractivity contribution >= 4 is 18.0 Å². The SMILES string of the molecule is CCCC(CC(=O)O)NC(=O)CCCNC(=O)OCC1c2ccccc2-c2ccccc21. The van der Waals surface area contributed by atoms with Crippen molar-refractivity contribution in [2.24, 2.45) is 0 Å². The van der Waals surface area contributed by atoms with Crippen molar-refractivity contribution < 1.29 is 24.2 Å². The summed E-state index contributed by atoms with van der Waals surface area (Å²) >= 11 is 0. The van der Waals surface area contributed by atoms with E-state index in [1.54, 1.807) is 0 Å². The van der Waals surface area contributed by atoms with Crippen molar-refractivity contribution in [2.75, 3.05) is 13.2 Å². The number of amides is 2. The van der Waals surface area contributed by atoms with Crippen LogP contribution in [0.15, 0.2) is 48.5 Å². The Morgan fingerprint density at radius 3 is 2.25 bits per heavy atom. The number of aliphatic carboxylic acids is 1. The molecule has 170 valence electrons. The number of carboxylic acids is 1. The minimum absolute atomic E-state index is 0.00339. The van der Waals surface area contributed by atoms with Crippen LogP contribution in [0.4, 0.5) is 4.79 Å². The molecule has 0 spiro atoms. The third-order valence-corrected chi connectivity index (χ3v) is 5.62. The first kappa shape index (κ1) is 23.3. The van der Waals surface area contributed by atoms with Gasteiger partial charge in [-0.3, -0.25) is 9.59 Å². The van der Waals surface area contributed by atoms with Gasteiger partial charge in [0.25, 0.3) is 0 Å². The van der Waals surface area contributed by atoms with E-state index >= 15 is 0 Å². The first-order valence-corrected chi connectivity index (χ1v) is 11.1. The first-order valence-electron chi connectivity index (χ1n) is 11.1. The molecule has 1 unspecified atom stereocenters. The Morgan fingerprint density at radius 2 is 1.66 bits per heavy atom. The van der Waals surface area contributed by atoms with Gasteiger partial charge in [0.05, 0.1) is 6.42 Å². The molecule has 1 aliphatic carbocycles. The number of carbonyl (C=O) groups is 3. The Morgan fingerprint density at radius 1 is 1.03 bits per heavy atom. The largest absolute Gasteiger partial charge is 0.481 e. The third-order valence-electron chi connectivity index (χ3n) is 5.62. The lowest BCUT2D eigenvalue weighted by atomic mass is 9.98. The maximum absolute atomic E-state index is 12.2. The van der Waals surface area contributed by atoms with Gasteiger partial charge in [-0.05, 0) is 35.1 Å². The van der Waals surface area contributed by atoms with Gasteiger partial charge in [-0.2, -0.15) is 0 Å². The average molecular weight is 439 g/mol. The summed E-state index contributed by atoms with van der Waals surface area (Å²) in [4.78, 5) is 35.1. The monoisotopic (exact) mass is 438 g/mol. The number of carbonyl (C=O) groups excluding carboxylic acids is 2. The van der Waals surface area contributed by atoms with Crippen molar-refractivity contribution in [2.45, 2.75) is 51.0 Å². The number of fused-ring (bicyclic) bond motifs is 3. The molecule has 3 N–H and O–H groups in total. The van der Waals surface area contributed by atoms with Gasteiger partial charge in [-0.15, -0.1) is 0 Å². The van der Waals surface area contributed by atoms with E-state index in [0.717, 1.165) is 17.5 Å². The van der Waals surface area contributed by atoms with Gasteiger partial charge in [0.2, 0.25) is 5.91 Å². The molecule has 7 nitrogen and oxygen atoms in total. The minimum Gasteiger partial charge on any atom is -0.481 e. The molecule has 0 aromatic heterocycles. The summed E-state index contributed by atoms with van der Waals surface area (Å²) in [6.45, 7) is 2.50. The zero-order valence-corrected chi connectivity index (χ0v) is 18.3. The molecule has 3 rings (SSSR count). The van der Waals surface area contributed by atoms with Crippen LogP contribution >= 0.6 is 0 Å². The van der Waals surface area contributed by atoms with E-state index in [4.69, 9.17) is 9.84 Å². The molecule has 0 bridgehead atoms. The van der Waals surface area contributed by atoms with Crippen molar-refractivity contribution in [1.82, 2.24) is 10.6 Å². The molecule has 0 saturated heterocycles. The minimum atomic E-state index is -0.930. The van der Waals surface area contributed by atoms with E-state index in [0.29, 0.717) is 19.4 Å². The van der Waals surface area contributed by atoms with Crippen LogP contribution < -0.4 is 10.6 Å². The molecule has 2 aromatic rings. The third kappa shape index (κ3) is 6.09. The van der Waals surface area contributed by atoms with E-state index in [1.807, 2.05) is 31.2 Å². The van der Waals surface area contributed by atoms with Crippen LogP contribution in [-0.2, 0) is 14.3 Å². The molecule has 0 saturated carbocycles. The molecule has 1 aliphatic rings. The van der Waals surface area contributed by atoms with Gasteiger partial charge in [0.15, 0.2) is 0 Å². The first-order chi connectivity index (χ1) is 15.5. The van der Waals surface area contributed by atoms with E-state index in [9.17, 15) is 14.4 Å².